The van der Waals surface area contributed by atoms with Crippen molar-refractivity contribution in [2.75, 3.05) is 31.6 Å². The third-order valence-electron chi connectivity index (χ3n) is 5.26. The Morgan fingerprint density at radius 1 is 1.21 bits per heavy atom. The lowest BCUT2D eigenvalue weighted by atomic mass is 10.0. The fourth-order valence-electron chi connectivity index (χ4n) is 3.46. The number of aromatic nitrogens is 2. The summed E-state index contributed by atoms with van der Waals surface area (Å²) in [5.41, 5.74) is 6.02. The number of benzene rings is 1. The van der Waals surface area contributed by atoms with Gasteiger partial charge in [0.25, 0.3) is 0 Å². The van der Waals surface area contributed by atoms with Gasteiger partial charge in [-0.15, -0.1) is 0 Å². The fraction of sp³-hybridized carbons (Fsp3) is 0.500. The van der Waals surface area contributed by atoms with E-state index in [1.807, 2.05) is 0 Å². The zero-order chi connectivity index (χ0) is 24.9. The van der Waals surface area contributed by atoms with E-state index < -0.39 is 30.1 Å². The molecule has 2 fully saturated rings. The Hall–Kier alpha value is -2.83. The lowest BCUT2D eigenvalue weighted by Gasteiger charge is -2.20. The number of hydrogen-bond acceptors (Lipinski definition) is 7. The van der Waals surface area contributed by atoms with Crippen LogP contribution in [0.4, 0.5) is 23.4 Å². The van der Waals surface area contributed by atoms with Gasteiger partial charge in [0.05, 0.1) is 36.5 Å². The largest absolute Gasteiger partial charge is 0.416 e. The lowest BCUT2D eigenvalue weighted by Crippen LogP contribution is -2.43. The first-order chi connectivity index (χ1) is 16.1. The minimum Gasteiger partial charge on any atom is -0.369 e. The second-order valence-corrected chi connectivity index (χ2v) is 7.89. The van der Waals surface area contributed by atoms with E-state index in [2.05, 4.69) is 20.6 Å². The number of aryl methyl sites for hydroxylation is 1. The summed E-state index contributed by atoms with van der Waals surface area (Å²) in [6.07, 6.45) is -5.90. The maximum atomic E-state index is 13.2. The first kappa shape index (κ1) is 25.8. The van der Waals surface area contributed by atoms with Crippen LogP contribution < -0.4 is 16.4 Å². The normalized spacial score (nSPS) is 16.5. The van der Waals surface area contributed by atoms with E-state index in [4.69, 9.17) is 15.2 Å². The van der Waals surface area contributed by atoms with Gasteiger partial charge in [-0.1, -0.05) is 12.1 Å². The van der Waals surface area contributed by atoms with Crippen LogP contribution in [0.2, 0.25) is 0 Å². The molecule has 34 heavy (non-hydrogen) atoms. The fourth-order valence-corrected chi connectivity index (χ4v) is 3.46. The van der Waals surface area contributed by atoms with Crippen molar-refractivity contribution >= 4 is 11.7 Å². The molecule has 4 N–H and O–H groups in total. The summed E-state index contributed by atoms with van der Waals surface area (Å²) in [4.78, 5) is 20.1. The third-order valence-corrected chi connectivity index (χ3v) is 5.26. The second kappa shape index (κ2) is 11.1. The first-order valence-electron chi connectivity index (χ1n) is 10.7. The quantitative estimate of drug-likeness (QED) is 0.540. The maximum absolute atomic E-state index is 13.2. The molecule has 12 heteroatoms. The first-order valence-corrected chi connectivity index (χ1v) is 10.7. The molecule has 0 saturated carbocycles. The Balaban J connectivity index is 0.000000574. The van der Waals surface area contributed by atoms with Crippen LogP contribution in [0.15, 0.2) is 18.2 Å². The van der Waals surface area contributed by atoms with Crippen LogP contribution in [0.1, 0.15) is 40.1 Å². The number of hydrogen-bond donors (Lipinski definition) is 3. The maximum Gasteiger partial charge on any atom is 0.416 e. The number of primary amides is 1. The third kappa shape index (κ3) is 6.61. The van der Waals surface area contributed by atoms with E-state index in [1.54, 1.807) is 13.0 Å². The van der Waals surface area contributed by atoms with Crippen LogP contribution in [0, 0.1) is 13.8 Å². The van der Waals surface area contributed by atoms with Gasteiger partial charge in [0.1, 0.15) is 17.8 Å². The van der Waals surface area contributed by atoms with Crippen LogP contribution in [0.3, 0.4) is 0 Å². The average molecular weight is 485 g/mol. The van der Waals surface area contributed by atoms with E-state index in [9.17, 15) is 22.4 Å². The van der Waals surface area contributed by atoms with Crippen molar-refractivity contribution in [3.05, 3.63) is 52.0 Å². The molecule has 2 aliphatic rings. The highest BCUT2D eigenvalue weighted by Gasteiger charge is 2.33. The predicted octanol–water partition coefficient (Wildman–Crippen LogP) is 2.73. The molecule has 0 unspecified atom stereocenters. The number of carbonyl (C=O) groups excluding carboxylic acids is 1. The molecule has 0 radical (unpaired) electrons. The highest BCUT2D eigenvalue weighted by atomic mass is 19.4. The monoisotopic (exact) mass is 485 g/mol. The van der Waals surface area contributed by atoms with Crippen molar-refractivity contribution < 1.29 is 31.8 Å². The topological polar surface area (TPSA) is 111 Å². The minimum atomic E-state index is -4.43. The van der Waals surface area contributed by atoms with Crippen LogP contribution in [0.5, 0.6) is 0 Å². The molecule has 2 aromatic rings. The molecular weight excluding hydrogens is 458 g/mol. The number of nitrogens with two attached hydrogens (primary N) is 1. The zero-order valence-electron chi connectivity index (χ0n) is 18.8. The molecule has 1 aromatic heterocycles. The number of nitrogens with one attached hydrogen (secondary N) is 2. The van der Waals surface area contributed by atoms with Crippen LogP contribution >= 0.6 is 0 Å². The van der Waals surface area contributed by atoms with E-state index in [-0.39, 0.29) is 18.5 Å². The number of ether oxygens (including phenoxy) is 2. The number of amides is 1. The summed E-state index contributed by atoms with van der Waals surface area (Å²) < 4.78 is 62.0. The van der Waals surface area contributed by atoms with Gasteiger partial charge in [0, 0.05) is 19.6 Å². The smallest absolute Gasteiger partial charge is 0.369 e. The average Bonchev–Trinajstić information content (AvgIpc) is 3.24. The molecule has 0 spiro atoms. The van der Waals surface area contributed by atoms with E-state index >= 15 is 0 Å². The lowest BCUT2D eigenvalue weighted by molar-refractivity contribution is -0.138. The Bertz CT molecular complexity index is 1010. The molecule has 1 aromatic carbocycles. The van der Waals surface area contributed by atoms with Crippen molar-refractivity contribution in [2.45, 2.75) is 45.5 Å². The summed E-state index contributed by atoms with van der Waals surface area (Å²) in [7, 11) is 0. The van der Waals surface area contributed by atoms with Gasteiger partial charge < -0.3 is 25.8 Å². The number of anilines is 1. The molecule has 2 saturated heterocycles. The van der Waals surface area contributed by atoms with Crippen LogP contribution in [-0.4, -0.2) is 48.4 Å². The van der Waals surface area contributed by atoms with Gasteiger partial charge >= 0.3 is 6.18 Å². The molecular formula is C22H27F4N5O3. The summed E-state index contributed by atoms with van der Waals surface area (Å²) in [5.74, 6) is 0.130. The SMILES string of the molecule is Cc1nc(CC(N)=O)c(C2OCCO2)c(NCc2cccc(C(F)(F)F)c2C)n1.FC1CNC1. The number of halogens is 4. The second-order valence-electron chi connectivity index (χ2n) is 7.89. The molecule has 0 aliphatic carbocycles. The number of rotatable bonds is 6. The van der Waals surface area contributed by atoms with Gasteiger partial charge in [0.2, 0.25) is 5.91 Å². The van der Waals surface area contributed by atoms with Gasteiger partial charge in [-0.3, -0.25) is 4.79 Å². The van der Waals surface area contributed by atoms with Crippen molar-refractivity contribution in [2.24, 2.45) is 5.73 Å². The molecule has 186 valence electrons. The van der Waals surface area contributed by atoms with Gasteiger partial charge in [-0.25, -0.2) is 14.4 Å². The number of alkyl halides is 4. The van der Waals surface area contributed by atoms with Crippen LogP contribution in [-0.2, 0) is 33.4 Å². The van der Waals surface area contributed by atoms with E-state index in [0.717, 1.165) is 6.07 Å². The Morgan fingerprint density at radius 3 is 2.38 bits per heavy atom. The Kier molecular flexibility index (Phi) is 8.39. The Morgan fingerprint density at radius 2 is 1.85 bits per heavy atom. The Labute approximate surface area is 194 Å². The zero-order valence-corrected chi connectivity index (χ0v) is 18.8. The molecule has 0 atom stereocenters. The predicted molar refractivity (Wildman–Crippen MR) is 116 cm³/mol. The van der Waals surface area contributed by atoms with Gasteiger partial charge in [-0.05, 0) is 31.0 Å². The van der Waals surface area contributed by atoms with E-state index in [1.165, 1.54) is 13.0 Å². The molecule has 3 heterocycles. The minimum absolute atomic E-state index is 0.0853. The molecule has 2 aliphatic heterocycles. The number of nitrogens with zero attached hydrogens (tertiary/aromatic N) is 2. The standard InChI is InChI=1S/C19H21F3N4O3.C3H6FN/c1-10-12(4-3-5-13(10)19(20,21)22)9-24-17-16(18-28-6-7-29-18)14(8-15(23)27)25-11(2)26-17;4-3-1-5-2-3/h3-5,18H,6-9H2,1-2H3,(H2,23,27)(H,24,25,26);3,5H,1-2H2. The van der Waals surface area contributed by atoms with E-state index in [0.29, 0.717) is 54.8 Å². The van der Waals surface area contributed by atoms with Gasteiger partial charge in [-0.2, -0.15) is 13.2 Å². The number of carbonyl (C=O) groups is 1. The van der Waals surface area contributed by atoms with Crippen molar-refractivity contribution in [3.63, 3.8) is 0 Å². The summed E-state index contributed by atoms with van der Waals surface area (Å²) in [5, 5.41) is 5.84. The van der Waals surface area contributed by atoms with Crippen molar-refractivity contribution in [1.82, 2.24) is 15.3 Å². The van der Waals surface area contributed by atoms with Gasteiger partial charge in [0.15, 0.2) is 6.29 Å². The molecule has 4 rings (SSSR count). The molecule has 8 nitrogen and oxygen atoms in total. The van der Waals surface area contributed by atoms with Crippen molar-refractivity contribution in [3.8, 4) is 0 Å². The summed E-state index contributed by atoms with van der Waals surface area (Å²) in [6, 6.07) is 4.02. The summed E-state index contributed by atoms with van der Waals surface area (Å²) >= 11 is 0. The highest BCUT2D eigenvalue weighted by Crippen LogP contribution is 2.34. The molecule has 0 bridgehead atoms. The highest BCUT2D eigenvalue weighted by molar-refractivity contribution is 5.77. The van der Waals surface area contributed by atoms with Crippen molar-refractivity contribution in [1.29, 1.82) is 0 Å². The molecule has 1 amide bonds. The van der Waals surface area contributed by atoms with Crippen LogP contribution in [0.25, 0.3) is 0 Å². The summed E-state index contributed by atoms with van der Waals surface area (Å²) in [6.45, 7) is 5.02.